The van der Waals surface area contributed by atoms with Gasteiger partial charge in [0, 0.05) is 31.9 Å². The Kier molecular flexibility index (Phi) is 7.81. The molecule has 1 unspecified atom stereocenters. The van der Waals surface area contributed by atoms with Gasteiger partial charge >= 0.3 is 6.03 Å². The summed E-state index contributed by atoms with van der Waals surface area (Å²) in [6.45, 7) is -0.0978. The summed E-state index contributed by atoms with van der Waals surface area (Å²) in [6.07, 6.45) is 0. The Morgan fingerprint density at radius 1 is 0.973 bits per heavy atom. The number of anilines is 1. The average molecular weight is 522 g/mol. The van der Waals surface area contributed by atoms with Gasteiger partial charge in [-0.3, -0.25) is 4.79 Å². The fourth-order valence-corrected chi connectivity index (χ4v) is 5.50. The molecule has 0 radical (unpaired) electrons. The van der Waals surface area contributed by atoms with Crippen molar-refractivity contribution in [3.8, 4) is 6.07 Å². The minimum atomic E-state index is -4.11. The van der Waals surface area contributed by atoms with Crippen molar-refractivity contribution in [1.29, 1.82) is 5.26 Å². The normalized spacial score (nSPS) is 16.0. The minimum Gasteiger partial charge on any atom is -0.351 e. The van der Waals surface area contributed by atoms with Gasteiger partial charge in [0.15, 0.2) is 0 Å². The molecule has 0 saturated carbocycles. The molecule has 11 heteroatoms. The lowest BCUT2D eigenvalue weighted by molar-refractivity contribution is -0.126. The Labute approximate surface area is 214 Å². The first-order chi connectivity index (χ1) is 17.8. The summed E-state index contributed by atoms with van der Waals surface area (Å²) < 4.78 is 41.3. The van der Waals surface area contributed by atoms with Crippen molar-refractivity contribution in [2.75, 3.05) is 25.0 Å². The zero-order valence-electron chi connectivity index (χ0n) is 19.7. The molecule has 37 heavy (non-hydrogen) atoms. The lowest BCUT2D eigenvalue weighted by Gasteiger charge is -2.39. The Morgan fingerprint density at radius 2 is 1.65 bits per heavy atom. The van der Waals surface area contributed by atoms with Gasteiger partial charge in [-0.2, -0.15) is 9.57 Å². The maximum Gasteiger partial charge on any atom is 0.321 e. The second-order valence-corrected chi connectivity index (χ2v) is 10.2. The lowest BCUT2D eigenvalue weighted by Crippen LogP contribution is -2.61. The van der Waals surface area contributed by atoms with Crippen LogP contribution < -0.4 is 10.6 Å². The number of benzene rings is 3. The number of hydrogen-bond acceptors (Lipinski definition) is 5. The SMILES string of the molecule is N#Cc1ccc(S(=O)(=O)N2CCN(C(=O)Nc3ccc(F)cc3)CC2C(=O)NCc2ccccc2)cc1. The van der Waals surface area contributed by atoms with Crippen LogP contribution in [0.5, 0.6) is 0 Å². The summed E-state index contributed by atoms with van der Waals surface area (Å²) in [7, 11) is -4.11. The topological polar surface area (TPSA) is 123 Å². The average Bonchev–Trinajstić information content (AvgIpc) is 2.93. The van der Waals surface area contributed by atoms with Gasteiger partial charge < -0.3 is 15.5 Å². The molecule has 9 nitrogen and oxygen atoms in total. The van der Waals surface area contributed by atoms with Gasteiger partial charge in [0.1, 0.15) is 11.9 Å². The number of nitrogens with zero attached hydrogens (tertiary/aromatic N) is 3. The van der Waals surface area contributed by atoms with Gasteiger partial charge in [-0.1, -0.05) is 30.3 Å². The van der Waals surface area contributed by atoms with Gasteiger partial charge in [0.05, 0.1) is 16.5 Å². The molecular formula is C26H24FN5O4S. The van der Waals surface area contributed by atoms with E-state index in [1.807, 2.05) is 36.4 Å². The van der Waals surface area contributed by atoms with Crippen LogP contribution in [-0.2, 0) is 21.4 Å². The molecule has 0 aliphatic carbocycles. The number of nitriles is 1. The van der Waals surface area contributed by atoms with Crippen LogP contribution >= 0.6 is 0 Å². The van der Waals surface area contributed by atoms with Crippen molar-refractivity contribution in [1.82, 2.24) is 14.5 Å². The predicted octanol–water partition coefficient (Wildman–Crippen LogP) is 2.92. The molecule has 1 fully saturated rings. The van der Waals surface area contributed by atoms with Crippen LogP contribution in [0.25, 0.3) is 0 Å². The third-order valence-corrected chi connectivity index (χ3v) is 7.84. The molecule has 0 spiro atoms. The Morgan fingerprint density at radius 3 is 2.30 bits per heavy atom. The summed E-state index contributed by atoms with van der Waals surface area (Å²) in [5.41, 5.74) is 1.50. The number of carbonyl (C=O) groups excluding carboxylic acids is 2. The number of rotatable bonds is 6. The Bertz CT molecular complexity index is 1410. The molecule has 1 aliphatic heterocycles. The molecule has 0 bridgehead atoms. The predicted molar refractivity (Wildman–Crippen MR) is 134 cm³/mol. The minimum absolute atomic E-state index is 0.0327. The standard InChI is InChI=1S/C26H24FN5O4S/c27-21-8-10-22(11-9-21)30-26(34)31-14-15-32(37(35,36)23-12-6-19(16-28)7-13-23)24(18-31)25(33)29-17-20-4-2-1-3-5-20/h1-13,24H,14-15,17-18H2,(H,29,33)(H,30,34). The molecule has 0 aromatic heterocycles. The van der Waals surface area contributed by atoms with Gasteiger partial charge in [0.2, 0.25) is 15.9 Å². The summed E-state index contributed by atoms with van der Waals surface area (Å²) >= 11 is 0. The van der Waals surface area contributed by atoms with E-state index >= 15 is 0 Å². The molecule has 1 atom stereocenters. The van der Waals surface area contributed by atoms with Gasteiger partial charge in [-0.25, -0.2) is 17.6 Å². The zero-order chi connectivity index (χ0) is 26.4. The molecule has 190 valence electrons. The van der Waals surface area contributed by atoms with Crippen molar-refractivity contribution < 1.29 is 22.4 Å². The number of amides is 3. The summed E-state index contributed by atoms with van der Waals surface area (Å²) in [5, 5.41) is 14.4. The highest BCUT2D eigenvalue weighted by molar-refractivity contribution is 7.89. The zero-order valence-corrected chi connectivity index (χ0v) is 20.5. The maximum atomic E-state index is 13.5. The number of urea groups is 1. The van der Waals surface area contributed by atoms with Crippen LogP contribution in [0.2, 0.25) is 0 Å². The number of sulfonamides is 1. The third-order valence-electron chi connectivity index (χ3n) is 5.92. The number of nitrogens with one attached hydrogen (secondary N) is 2. The molecule has 2 N–H and O–H groups in total. The van der Waals surface area contributed by atoms with Crippen LogP contribution in [0.1, 0.15) is 11.1 Å². The van der Waals surface area contributed by atoms with Gasteiger partial charge in [-0.15, -0.1) is 0 Å². The van der Waals surface area contributed by atoms with E-state index in [1.165, 1.54) is 53.4 Å². The van der Waals surface area contributed by atoms with Crippen molar-refractivity contribution >= 4 is 27.6 Å². The van der Waals surface area contributed by atoms with E-state index < -0.39 is 33.8 Å². The highest BCUT2D eigenvalue weighted by Gasteiger charge is 2.41. The van der Waals surface area contributed by atoms with E-state index in [9.17, 15) is 22.4 Å². The van der Waals surface area contributed by atoms with E-state index in [2.05, 4.69) is 10.6 Å². The first-order valence-corrected chi connectivity index (χ1v) is 12.9. The summed E-state index contributed by atoms with van der Waals surface area (Å²) in [6, 6.07) is 20.0. The van der Waals surface area contributed by atoms with E-state index in [0.717, 1.165) is 9.87 Å². The Balaban J connectivity index is 1.56. The van der Waals surface area contributed by atoms with Crippen LogP contribution in [0.4, 0.5) is 14.9 Å². The van der Waals surface area contributed by atoms with Gasteiger partial charge in [0.25, 0.3) is 0 Å². The summed E-state index contributed by atoms with van der Waals surface area (Å²) in [4.78, 5) is 27.4. The molecule has 3 aromatic rings. The second-order valence-electron chi connectivity index (χ2n) is 8.35. The molecule has 1 saturated heterocycles. The van der Waals surface area contributed by atoms with Crippen molar-refractivity contribution in [2.24, 2.45) is 0 Å². The highest BCUT2D eigenvalue weighted by Crippen LogP contribution is 2.23. The van der Waals surface area contributed by atoms with Gasteiger partial charge in [-0.05, 0) is 54.1 Å². The van der Waals surface area contributed by atoms with E-state index in [4.69, 9.17) is 5.26 Å². The third kappa shape index (κ3) is 6.11. The quantitative estimate of drug-likeness (QED) is 0.517. The molecular weight excluding hydrogens is 497 g/mol. The highest BCUT2D eigenvalue weighted by atomic mass is 32.2. The van der Waals surface area contributed by atoms with Crippen LogP contribution in [0.3, 0.4) is 0 Å². The van der Waals surface area contributed by atoms with E-state index in [0.29, 0.717) is 11.3 Å². The van der Waals surface area contributed by atoms with Crippen LogP contribution in [0.15, 0.2) is 83.8 Å². The number of piperazine rings is 1. The molecule has 1 heterocycles. The number of halogens is 1. The van der Waals surface area contributed by atoms with E-state index in [-0.39, 0.29) is 31.1 Å². The van der Waals surface area contributed by atoms with E-state index in [1.54, 1.807) is 0 Å². The van der Waals surface area contributed by atoms with Crippen molar-refractivity contribution in [2.45, 2.75) is 17.5 Å². The first kappa shape index (κ1) is 25.8. The fraction of sp³-hybridized carbons (Fsp3) is 0.192. The monoisotopic (exact) mass is 521 g/mol. The molecule has 3 aromatic carbocycles. The maximum absolute atomic E-state index is 13.5. The number of hydrogen-bond donors (Lipinski definition) is 2. The molecule has 4 rings (SSSR count). The lowest BCUT2D eigenvalue weighted by atomic mass is 10.2. The Hall–Kier alpha value is -4.27. The number of carbonyl (C=O) groups is 2. The molecule has 3 amide bonds. The van der Waals surface area contributed by atoms with Crippen molar-refractivity contribution in [3.05, 3.63) is 95.8 Å². The summed E-state index contributed by atoms with van der Waals surface area (Å²) in [5.74, 6) is -1.00. The largest absolute Gasteiger partial charge is 0.351 e. The second kappa shape index (κ2) is 11.2. The molecule has 1 aliphatic rings. The fourth-order valence-electron chi connectivity index (χ4n) is 3.93. The first-order valence-electron chi connectivity index (χ1n) is 11.4. The van der Waals surface area contributed by atoms with Crippen molar-refractivity contribution in [3.63, 3.8) is 0 Å². The van der Waals surface area contributed by atoms with Crippen LogP contribution in [0, 0.1) is 17.1 Å². The smallest absolute Gasteiger partial charge is 0.321 e. The van der Waals surface area contributed by atoms with Crippen LogP contribution in [-0.4, -0.2) is 55.2 Å².